The summed E-state index contributed by atoms with van der Waals surface area (Å²) in [6.07, 6.45) is 3.10. The van der Waals surface area contributed by atoms with Gasteiger partial charge in [0.15, 0.2) is 0 Å². The zero-order valence-electron chi connectivity index (χ0n) is 11.1. The first-order chi connectivity index (χ1) is 9.74. The second kappa shape index (κ2) is 7.05. The molecule has 0 atom stereocenters. The molecule has 104 valence electrons. The predicted octanol–water partition coefficient (Wildman–Crippen LogP) is 2.92. The molecule has 0 aliphatic rings. The zero-order chi connectivity index (χ0) is 14.4. The molecule has 1 amide bonds. The van der Waals surface area contributed by atoms with Crippen molar-refractivity contribution in [1.82, 2.24) is 10.3 Å². The van der Waals surface area contributed by atoms with Crippen molar-refractivity contribution in [2.24, 2.45) is 0 Å². The Hall–Kier alpha value is -1.88. The lowest BCUT2D eigenvalue weighted by molar-refractivity contribution is 0.0947. The van der Waals surface area contributed by atoms with E-state index in [1.165, 1.54) is 18.9 Å². The summed E-state index contributed by atoms with van der Waals surface area (Å²) in [6, 6.07) is 9.69. The number of aromatic nitrogens is 1. The van der Waals surface area contributed by atoms with Crippen LogP contribution < -0.4 is 10.1 Å². The first kappa shape index (κ1) is 14.5. The van der Waals surface area contributed by atoms with Crippen LogP contribution >= 0.6 is 15.9 Å². The molecule has 1 aromatic carbocycles. The van der Waals surface area contributed by atoms with E-state index in [0.717, 1.165) is 10.9 Å². The van der Waals surface area contributed by atoms with Gasteiger partial charge < -0.3 is 10.1 Å². The van der Waals surface area contributed by atoms with Crippen molar-refractivity contribution in [2.45, 2.75) is 11.9 Å². The minimum atomic E-state index is -0.173. The molecule has 0 bridgehead atoms. The maximum absolute atomic E-state index is 12.1. The van der Waals surface area contributed by atoms with Crippen LogP contribution in [0.5, 0.6) is 5.75 Å². The number of alkyl halides is 1. The van der Waals surface area contributed by atoms with Crippen molar-refractivity contribution in [3.8, 4) is 5.75 Å². The lowest BCUT2D eigenvalue weighted by Crippen LogP contribution is -2.23. The third-order valence-electron chi connectivity index (χ3n) is 2.85. The summed E-state index contributed by atoms with van der Waals surface area (Å²) in [4.78, 5) is 16.1. The van der Waals surface area contributed by atoms with Crippen molar-refractivity contribution in [1.29, 1.82) is 0 Å². The maximum Gasteiger partial charge on any atom is 0.255 e. The predicted molar refractivity (Wildman–Crippen MR) is 81.0 cm³/mol. The van der Waals surface area contributed by atoms with Gasteiger partial charge in [0.1, 0.15) is 5.75 Å². The van der Waals surface area contributed by atoms with E-state index in [-0.39, 0.29) is 5.91 Å². The average Bonchev–Trinajstić information content (AvgIpc) is 2.52. The number of amides is 1. The number of nitrogens with zero attached hydrogens (tertiary/aromatic N) is 1. The molecule has 0 saturated carbocycles. The minimum Gasteiger partial charge on any atom is -0.494 e. The standard InChI is InChI=1S/C15H15BrN2O2/c1-20-14-10-17-6-5-13(14)15(19)18-9-12-4-2-3-11(7-12)8-16/h2-7,10H,8-9H2,1H3,(H,18,19). The first-order valence-electron chi connectivity index (χ1n) is 6.14. The number of methoxy groups -OCH3 is 1. The summed E-state index contributed by atoms with van der Waals surface area (Å²) in [7, 11) is 1.52. The molecule has 0 fully saturated rings. The van der Waals surface area contributed by atoms with Crippen LogP contribution in [0.3, 0.4) is 0 Å². The summed E-state index contributed by atoms with van der Waals surface area (Å²) in [6.45, 7) is 0.477. The molecule has 5 heteroatoms. The quantitative estimate of drug-likeness (QED) is 0.855. The number of rotatable bonds is 5. The van der Waals surface area contributed by atoms with Crippen LogP contribution in [-0.4, -0.2) is 18.0 Å². The molecular formula is C15H15BrN2O2. The van der Waals surface area contributed by atoms with Gasteiger partial charge in [-0.1, -0.05) is 40.2 Å². The average molecular weight is 335 g/mol. The second-order valence-electron chi connectivity index (χ2n) is 4.21. The highest BCUT2D eigenvalue weighted by Gasteiger charge is 2.11. The fraction of sp³-hybridized carbons (Fsp3) is 0.200. The molecule has 0 unspecified atom stereocenters. The highest BCUT2D eigenvalue weighted by molar-refractivity contribution is 9.08. The number of pyridine rings is 1. The van der Waals surface area contributed by atoms with Crippen molar-refractivity contribution in [3.63, 3.8) is 0 Å². The van der Waals surface area contributed by atoms with E-state index in [1.54, 1.807) is 12.3 Å². The van der Waals surface area contributed by atoms with Gasteiger partial charge in [-0.2, -0.15) is 0 Å². The fourth-order valence-corrected chi connectivity index (χ4v) is 2.18. The van der Waals surface area contributed by atoms with E-state index in [9.17, 15) is 4.79 Å². The molecule has 0 radical (unpaired) electrons. The Morgan fingerprint density at radius 3 is 2.90 bits per heavy atom. The Morgan fingerprint density at radius 1 is 1.35 bits per heavy atom. The Kier molecular flexibility index (Phi) is 5.12. The molecule has 1 heterocycles. The normalized spacial score (nSPS) is 10.1. The molecule has 2 aromatic rings. The Morgan fingerprint density at radius 2 is 2.15 bits per heavy atom. The molecule has 2 rings (SSSR count). The Balaban J connectivity index is 2.04. The van der Waals surface area contributed by atoms with Crippen molar-refractivity contribution in [3.05, 3.63) is 59.4 Å². The van der Waals surface area contributed by atoms with Gasteiger partial charge in [-0.3, -0.25) is 9.78 Å². The number of nitrogens with one attached hydrogen (secondary N) is 1. The number of carbonyl (C=O) groups excluding carboxylic acids is 1. The molecule has 0 spiro atoms. The molecule has 20 heavy (non-hydrogen) atoms. The van der Waals surface area contributed by atoms with Gasteiger partial charge in [-0.25, -0.2) is 0 Å². The topological polar surface area (TPSA) is 51.2 Å². The monoisotopic (exact) mass is 334 g/mol. The highest BCUT2D eigenvalue weighted by Crippen LogP contribution is 2.15. The minimum absolute atomic E-state index is 0.173. The molecule has 1 aromatic heterocycles. The lowest BCUT2D eigenvalue weighted by Gasteiger charge is -2.09. The third-order valence-corrected chi connectivity index (χ3v) is 3.50. The van der Waals surface area contributed by atoms with Crippen LogP contribution in [-0.2, 0) is 11.9 Å². The molecule has 1 N–H and O–H groups in total. The fourth-order valence-electron chi connectivity index (χ4n) is 1.83. The van der Waals surface area contributed by atoms with E-state index in [1.807, 2.05) is 18.2 Å². The van der Waals surface area contributed by atoms with Gasteiger partial charge in [0.25, 0.3) is 5.91 Å². The van der Waals surface area contributed by atoms with Crippen molar-refractivity contribution >= 4 is 21.8 Å². The van der Waals surface area contributed by atoms with Gasteiger partial charge in [0, 0.05) is 18.1 Å². The lowest BCUT2D eigenvalue weighted by atomic mass is 10.1. The zero-order valence-corrected chi connectivity index (χ0v) is 12.7. The summed E-state index contributed by atoms with van der Waals surface area (Å²) in [5, 5.41) is 3.68. The second-order valence-corrected chi connectivity index (χ2v) is 4.77. The number of hydrogen-bond acceptors (Lipinski definition) is 3. The number of halogens is 1. The smallest absolute Gasteiger partial charge is 0.255 e. The van der Waals surface area contributed by atoms with Crippen molar-refractivity contribution in [2.75, 3.05) is 7.11 Å². The molecule has 4 nitrogen and oxygen atoms in total. The van der Waals surface area contributed by atoms with E-state index in [4.69, 9.17) is 4.74 Å². The number of benzene rings is 1. The van der Waals surface area contributed by atoms with Crippen LogP contribution in [0.4, 0.5) is 0 Å². The Labute approximate surface area is 126 Å². The third kappa shape index (κ3) is 3.57. The molecule has 0 aliphatic heterocycles. The molecule has 0 aliphatic carbocycles. The van der Waals surface area contributed by atoms with Gasteiger partial charge in [-0.15, -0.1) is 0 Å². The van der Waals surface area contributed by atoms with Gasteiger partial charge >= 0.3 is 0 Å². The first-order valence-corrected chi connectivity index (χ1v) is 7.26. The van der Waals surface area contributed by atoms with Crippen LogP contribution in [0.1, 0.15) is 21.5 Å². The van der Waals surface area contributed by atoms with Crippen LogP contribution in [0.25, 0.3) is 0 Å². The summed E-state index contributed by atoms with van der Waals surface area (Å²) >= 11 is 3.42. The number of carbonyl (C=O) groups is 1. The largest absolute Gasteiger partial charge is 0.494 e. The molecule has 0 saturated heterocycles. The van der Waals surface area contributed by atoms with Crippen molar-refractivity contribution < 1.29 is 9.53 Å². The Bertz CT molecular complexity index is 602. The SMILES string of the molecule is COc1cnccc1C(=O)NCc1cccc(CBr)c1. The van der Waals surface area contributed by atoms with Crippen LogP contribution in [0, 0.1) is 0 Å². The van der Waals surface area contributed by atoms with Gasteiger partial charge in [-0.05, 0) is 17.2 Å². The summed E-state index contributed by atoms with van der Waals surface area (Å²) in [5.41, 5.74) is 2.72. The van der Waals surface area contributed by atoms with Gasteiger partial charge in [0.05, 0.1) is 18.9 Å². The number of hydrogen-bond donors (Lipinski definition) is 1. The van der Waals surface area contributed by atoms with E-state index in [0.29, 0.717) is 17.9 Å². The molecular weight excluding hydrogens is 320 g/mol. The van der Waals surface area contributed by atoms with E-state index >= 15 is 0 Å². The number of ether oxygens (including phenoxy) is 1. The summed E-state index contributed by atoms with van der Waals surface area (Å²) < 4.78 is 5.13. The van der Waals surface area contributed by atoms with Crippen LogP contribution in [0.15, 0.2) is 42.7 Å². The van der Waals surface area contributed by atoms with E-state index < -0.39 is 0 Å². The summed E-state index contributed by atoms with van der Waals surface area (Å²) in [5.74, 6) is 0.299. The van der Waals surface area contributed by atoms with E-state index in [2.05, 4.69) is 32.3 Å². The van der Waals surface area contributed by atoms with Crippen LogP contribution in [0.2, 0.25) is 0 Å². The van der Waals surface area contributed by atoms with Gasteiger partial charge in [0.2, 0.25) is 0 Å². The highest BCUT2D eigenvalue weighted by atomic mass is 79.9. The maximum atomic E-state index is 12.1.